The van der Waals surface area contributed by atoms with E-state index in [9.17, 15) is 9.90 Å². The number of benzene rings is 1. The van der Waals surface area contributed by atoms with Crippen LogP contribution in [0.25, 0.3) is 0 Å². The van der Waals surface area contributed by atoms with Gasteiger partial charge in [0, 0.05) is 5.56 Å². The summed E-state index contributed by atoms with van der Waals surface area (Å²) in [6.45, 7) is 2.70. The van der Waals surface area contributed by atoms with Crippen LogP contribution in [0.4, 0.5) is 0 Å². The average Bonchev–Trinajstić information content (AvgIpc) is 2.27. The molecule has 1 aromatic rings. The molecule has 114 valence electrons. The number of rotatable bonds is 5. The van der Waals surface area contributed by atoms with Crippen LogP contribution in [0, 0.1) is 12.8 Å². The van der Waals surface area contributed by atoms with Crippen molar-refractivity contribution in [2.24, 2.45) is 5.92 Å². The maximum absolute atomic E-state index is 11.8. The molecule has 21 heavy (non-hydrogen) atoms. The smallest absolute Gasteiger partial charge is 0.314 e. The number of hydrogen-bond donors (Lipinski definition) is 1. The highest BCUT2D eigenvalue weighted by atomic mass is 79.9. The SMILES string of the molecule is Cc1cc(Br)c(OCC2CCC2)c(C2(C(=O)O)CCC2)c1. The normalized spacial score (nSPS) is 20.5. The van der Waals surface area contributed by atoms with Crippen molar-refractivity contribution < 1.29 is 14.6 Å². The van der Waals surface area contributed by atoms with Crippen molar-refractivity contribution in [3.05, 3.63) is 27.7 Å². The molecule has 1 aromatic carbocycles. The Morgan fingerprint density at radius 1 is 1.38 bits per heavy atom. The molecule has 0 aliphatic heterocycles. The van der Waals surface area contributed by atoms with Crippen LogP contribution in [-0.4, -0.2) is 17.7 Å². The van der Waals surface area contributed by atoms with Gasteiger partial charge in [0.25, 0.3) is 0 Å². The number of carboxylic acids is 1. The summed E-state index contributed by atoms with van der Waals surface area (Å²) in [7, 11) is 0. The molecule has 0 radical (unpaired) electrons. The first-order valence-corrected chi connectivity index (χ1v) is 8.49. The van der Waals surface area contributed by atoms with E-state index in [1.54, 1.807) is 0 Å². The Bertz CT molecular complexity index is 559. The lowest BCUT2D eigenvalue weighted by atomic mass is 9.64. The third-order valence-electron chi connectivity index (χ3n) is 5.01. The maximum atomic E-state index is 11.8. The minimum Gasteiger partial charge on any atom is -0.492 e. The van der Waals surface area contributed by atoms with Crippen LogP contribution in [0.2, 0.25) is 0 Å². The lowest BCUT2D eigenvalue weighted by Gasteiger charge is -2.39. The second-order valence-corrected chi connectivity index (χ2v) is 7.33. The van der Waals surface area contributed by atoms with Gasteiger partial charge in [0.1, 0.15) is 5.75 Å². The van der Waals surface area contributed by atoms with Crippen LogP contribution in [0.5, 0.6) is 5.75 Å². The first-order valence-electron chi connectivity index (χ1n) is 7.70. The largest absolute Gasteiger partial charge is 0.492 e. The summed E-state index contributed by atoms with van der Waals surface area (Å²) in [5, 5.41) is 9.71. The summed E-state index contributed by atoms with van der Waals surface area (Å²) in [5.41, 5.74) is 1.18. The van der Waals surface area contributed by atoms with Crippen LogP contribution in [0.1, 0.15) is 49.7 Å². The predicted molar refractivity (Wildman–Crippen MR) is 84.9 cm³/mol. The van der Waals surface area contributed by atoms with Gasteiger partial charge in [-0.25, -0.2) is 0 Å². The van der Waals surface area contributed by atoms with Crippen LogP contribution < -0.4 is 4.74 Å². The number of carboxylic acid groups (broad SMARTS) is 1. The maximum Gasteiger partial charge on any atom is 0.314 e. The molecule has 3 nitrogen and oxygen atoms in total. The molecule has 0 saturated heterocycles. The molecule has 0 heterocycles. The zero-order valence-corrected chi connectivity index (χ0v) is 13.9. The molecule has 3 rings (SSSR count). The zero-order valence-electron chi connectivity index (χ0n) is 12.3. The zero-order chi connectivity index (χ0) is 15.0. The summed E-state index contributed by atoms with van der Waals surface area (Å²) >= 11 is 3.56. The number of hydrogen-bond acceptors (Lipinski definition) is 2. The van der Waals surface area contributed by atoms with Crippen molar-refractivity contribution in [2.75, 3.05) is 6.61 Å². The lowest BCUT2D eigenvalue weighted by Crippen LogP contribution is -2.42. The Labute approximate surface area is 133 Å². The van der Waals surface area contributed by atoms with Gasteiger partial charge < -0.3 is 9.84 Å². The Kier molecular flexibility index (Phi) is 4.00. The van der Waals surface area contributed by atoms with Gasteiger partial charge in [-0.1, -0.05) is 18.9 Å². The number of aliphatic carboxylic acids is 1. The van der Waals surface area contributed by atoms with Crippen molar-refractivity contribution >= 4 is 21.9 Å². The van der Waals surface area contributed by atoms with Crippen molar-refractivity contribution in [1.82, 2.24) is 0 Å². The van der Waals surface area contributed by atoms with Gasteiger partial charge in [0.05, 0.1) is 16.5 Å². The van der Waals surface area contributed by atoms with E-state index in [1.165, 1.54) is 19.3 Å². The first-order chi connectivity index (χ1) is 10.0. The molecule has 0 atom stereocenters. The average molecular weight is 353 g/mol. The van der Waals surface area contributed by atoms with Gasteiger partial charge in [-0.05, 0) is 66.1 Å². The van der Waals surface area contributed by atoms with E-state index in [0.29, 0.717) is 25.4 Å². The molecule has 0 unspecified atom stereocenters. The Balaban J connectivity index is 1.95. The molecule has 2 saturated carbocycles. The van der Waals surface area contributed by atoms with E-state index in [-0.39, 0.29) is 0 Å². The minimum absolute atomic E-state index is 0.633. The summed E-state index contributed by atoms with van der Waals surface area (Å²) < 4.78 is 6.93. The standard InChI is InChI=1S/C17H21BrO3/c1-11-8-13(17(16(19)20)6-3-7-17)15(14(18)9-11)21-10-12-4-2-5-12/h8-9,12H,2-7,10H2,1H3,(H,19,20). The summed E-state index contributed by atoms with van der Waals surface area (Å²) in [6, 6.07) is 4.00. The van der Waals surface area contributed by atoms with Crippen molar-refractivity contribution in [1.29, 1.82) is 0 Å². The van der Waals surface area contributed by atoms with E-state index in [4.69, 9.17) is 4.74 Å². The number of halogens is 1. The van der Waals surface area contributed by atoms with Gasteiger partial charge in [0.15, 0.2) is 0 Å². The van der Waals surface area contributed by atoms with Crippen LogP contribution in [0.15, 0.2) is 16.6 Å². The highest BCUT2D eigenvalue weighted by Crippen LogP contribution is 2.49. The summed E-state index contributed by atoms with van der Waals surface area (Å²) in [4.78, 5) is 11.8. The molecule has 1 N–H and O–H groups in total. The highest BCUT2D eigenvalue weighted by molar-refractivity contribution is 9.10. The molecular formula is C17H21BrO3. The fourth-order valence-electron chi connectivity index (χ4n) is 3.22. The third kappa shape index (κ3) is 2.59. The topological polar surface area (TPSA) is 46.5 Å². The van der Waals surface area contributed by atoms with Crippen molar-refractivity contribution in [3.63, 3.8) is 0 Å². The van der Waals surface area contributed by atoms with E-state index in [0.717, 1.165) is 27.8 Å². The molecular weight excluding hydrogens is 332 g/mol. The molecule has 0 bridgehead atoms. The Hall–Kier alpha value is -1.03. The quantitative estimate of drug-likeness (QED) is 0.851. The molecule has 2 aliphatic carbocycles. The Morgan fingerprint density at radius 2 is 2.10 bits per heavy atom. The van der Waals surface area contributed by atoms with Crippen molar-refractivity contribution in [2.45, 2.75) is 50.9 Å². The second-order valence-electron chi connectivity index (χ2n) is 6.47. The van der Waals surface area contributed by atoms with Gasteiger partial charge in [-0.15, -0.1) is 0 Å². The second kappa shape index (κ2) is 5.64. The summed E-state index contributed by atoms with van der Waals surface area (Å²) in [6.07, 6.45) is 6.12. The van der Waals surface area contributed by atoms with Crippen molar-refractivity contribution in [3.8, 4) is 5.75 Å². The first kappa shape index (κ1) is 14.9. The molecule has 2 aliphatic rings. The van der Waals surface area contributed by atoms with Crippen LogP contribution >= 0.6 is 15.9 Å². The van der Waals surface area contributed by atoms with E-state index in [1.807, 2.05) is 19.1 Å². The fourth-order valence-corrected chi connectivity index (χ4v) is 3.91. The molecule has 2 fully saturated rings. The van der Waals surface area contributed by atoms with Gasteiger partial charge in [0.2, 0.25) is 0 Å². The minimum atomic E-state index is -0.747. The third-order valence-corrected chi connectivity index (χ3v) is 5.60. The molecule has 0 aromatic heterocycles. The fraction of sp³-hybridized carbons (Fsp3) is 0.588. The van der Waals surface area contributed by atoms with E-state index >= 15 is 0 Å². The van der Waals surface area contributed by atoms with Crippen LogP contribution in [-0.2, 0) is 10.2 Å². The molecule has 0 amide bonds. The molecule has 0 spiro atoms. The number of ether oxygens (including phenoxy) is 1. The summed E-state index contributed by atoms with van der Waals surface area (Å²) in [5.74, 6) is 0.655. The number of carbonyl (C=O) groups is 1. The van der Waals surface area contributed by atoms with Crippen LogP contribution in [0.3, 0.4) is 0 Å². The number of aryl methyl sites for hydroxylation is 1. The van der Waals surface area contributed by atoms with E-state index < -0.39 is 11.4 Å². The van der Waals surface area contributed by atoms with Gasteiger partial charge in [-0.3, -0.25) is 4.79 Å². The van der Waals surface area contributed by atoms with Gasteiger partial charge in [-0.2, -0.15) is 0 Å². The monoisotopic (exact) mass is 352 g/mol. The lowest BCUT2D eigenvalue weighted by molar-refractivity contribution is -0.147. The predicted octanol–water partition coefficient (Wildman–Crippen LogP) is 4.44. The van der Waals surface area contributed by atoms with Gasteiger partial charge >= 0.3 is 5.97 Å². The highest BCUT2D eigenvalue weighted by Gasteiger charge is 2.48. The van der Waals surface area contributed by atoms with E-state index in [2.05, 4.69) is 15.9 Å². The molecule has 4 heteroatoms. The Morgan fingerprint density at radius 3 is 2.57 bits per heavy atom.